The zero-order valence-electron chi connectivity index (χ0n) is 11.6. The van der Waals surface area contributed by atoms with E-state index in [9.17, 15) is 4.39 Å². The van der Waals surface area contributed by atoms with Gasteiger partial charge in [0.25, 0.3) is 0 Å². The number of hydrogen-bond donors (Lipinski definition) is 1. The Morgan fingerprint density at radius 3 is 2.86 bits per heavy atom. The molecule has 0 aliphatic heterocycles. The highest BCUT2D eigenvalue weighted by atomic mass is 35.5. The molecule has 1 aromatic heterocycles. The molecule has 108 valence electrons. The fourth-order valence-electron chi connectivity index (χ4n) is 2.48. The van der Waals surface area contributed by atoms with Gasteiger partial charge < -0.3 is 10.3 Å². The lowest BCUT2D eigenvalue weighted by Crippen LogP contribution is -2.00. The van der Waals surface area contributed by atoms with E-state index in [1.165, 1.54) is 6.07 Å². The van der Waals surface area contributed by atoms with E-state index in [2.05, 4.69) is 11.9 Å². The van der Waals surface area contributed by atoms with Crippen LogP contribution in [0.3, 0.4) is 0 Å². The lowest BCUT2D eigenvalue weighted by molar-refractivity contribution is 0.637. The molecule has 0 atom stereocenters. The van der Waals surface area contributed by atoms with Gasteiger partial charge in [-0.1, -0.05) is 24.6 Å². The topological polar surface area (TPSA) is 43.8 Å². The number of rotatable bonds is 3. The first kappa shape index (κ1) is 13.9. The van der Waals surface area contributed by atoms with Gasteiger partial charge in [0.05, 0.1) is 10.5 Å². The largest absolute Gasteiger partial charge is 0.399 e. The Bertz CT molecular complexity index is 811. The first-order valence-corrected chi connectivity index (χ1v) is 7.19. The van der Waals surface area contributed by atoms with Crippen LogP contribution < -0.4 is 5.73 Å². The highest BCUT2D eigenvalue weighted by molar-refractivity contribution is 6.33. The zero-order chi connectivity index (χ0) is 15.0. The Balaban J connectivity index is 2.33. The first-order chi connectivity index (χ1) is 10.1. The van der Waals surface area contributed by atoms with E-state index in [0.717, 1.165) is 24.0 Å². The quantitative estimate of drug-likeness (QED) is 0.725. The summed E-state index contributed by atoms with van der Waals surface area (Å²) >= 11 is 6.27. The van der Waals surface area contributed by atoms with Crippen molar-refractivity contribution >= 4 is 28.3 Å². The third kappa shape index (κ3) is 2.36. The summed E-state index contributed by atoms with van der Waals surface area (Å²) in [5.74, 6) is 0.317. The van der Waals surface area contributed by atoms with Gasteiger partial charge in [0.1, 0.15) is 11.3 Å². The number of para-hydroxylation sites is 1. The van der Waals surface area contributed by atoms with Crippen LogP contribution in [0.25, 0.3) is 22.4 Å². The lowest BCUT2D eigenvalue weighted by atomic mass is 10.2. The molecule has 0 bridgehead atoms. The number of anilines is 1. The van der Waals surface area contributed by atoms with E-state index < -0.39 is 0 Å². The Kier molecular flexibility index (Phi) is 3.55. The molecule has 2 aromatic carbocycles. The molecule has 0 amide bonds. The first-order valence-electron chi connectivity index (χ1n) is 6.82. The number of nitrogen functional groups attached to an aromatic ring is 1. The molecule has 21 heavy (non-hydrogen) atoms. The molecule has 0 spiro atoms. The predicted octanol–water partition coefficient (Wildman–Crippen LogP) is 4.49. The van der Waals surface area contributed by atoms with Crippen molar-refractivity contribution in [1.82, 2.24) is 9.55 Å². The maximum atomic E-state index is 14.0. The molecule has 3 aromatic rings. The maximum absolute atomic E-state index is 14.0. The van der Waals surface area contributed by atoms with Crippen molar-refractivity contribution in [1.29, 1.82) is 0 Å². The number of benzene rings is 2. The van der Waals surface area contributed by atoms with Gasteiger partial charge >= 0.3 is 0 Å². The fraction of sp³-hybridized carbons (Fsp3) is 0.188. The molecule has 3 nitrogen and oxygen atoms in total. The second-order valence-corrected chi connectivity index (χ2v) is 5.34. The number of nitrogens with two attached hydrogens (primary N) is 1. The van der Waals surface area contributed by atoms with Crippen LogP contribution >= 0.6 is 11.6 Å². The highest BCUT2D eigenvalue weighted by Crippen LogP contribution is 2.32. The summed E-state index contributed by atoms with van der Waals surface area (Å²) in [6.45, 7) is 2.80. The number of imidazole rings is 1. The fourth-order valence-corrected chi connectivity index (χ4v) is 2.68. The zero-order valence-corrected chi connectivity index (χ0v) is 12.4. The average molecular weight is 304 g/mol. The minimum absolute atomic E-state index is 0.330. The van der Waals surface area contributed by atoms with Gasteiger partial charge in [-0.05, 0) is 36.8 Å². The van der Waals surface area contributed by atoms with Gasteiger partial charge in [-0.25, -0.2) is 9.37 Å². The van der Waals surface area contributed by atoms with Crippen molar-refractivity contribution in [3.05, 3.63) is 47.2 Å². The summed E-state index contributed by atoms with van der Waals surface area (Å²) < 4.78 is 16.0. The molecule has 0 unspecified atom stereocenters. The van der Waals surface area contributed by atoms with Crippen molar-refractivity contribution in [2.24, 2.45) is 0 Å². The molecule has 2 N–H and O–H groups in total. The van der Waals surface area contributed by atoms with Crippen molar-refractivity contribution < 1.29 is 4.39 Å². The summed E-state index contributed by atoms with van der Waals surface area (Å²) in [5.41, 5.74) is 8.30. The van der Waals surface area contributed by atoms with E-state index in [-0.39, 0.29) is 5.82 Å². The Morgan fingerprint density at radius 1 is 1.29 bits per heavy atom. The molecule has 0 radical (unpaired) electrons. The number of halogens is 2. The molecule has 0 aliphatic rings. The summed E-state index contributed by atoms with van der Waals surface area (Å²) in [7, 11) is 0. The molecule has 0 saturated heterocycles. The smallest absolute Gasteiger partial charge is 0.151 e. The van der Waals surface area contributed by atoms with Crippen molar-refractivity contribution in [3.63, 3.8) is 0 Å². The lowest BCUT2D eigenvalue weighted by Gasteiger charge is -2.09. The number of aryl methyl sites for hydroxylation is 1. The van der Waals surface area contributed by atoms with Crippen LogP contribution in [-0.4, -0.2) is 9.55 Å². The Labute approximate surface area is 127 Å². The van der Waals surface area contributed by atoms with Crippen LogP contribution in [0.4, 0.5) is 10.1 Å². The molecule has 1 heterocycles. The Hall–Kier alpha value is -2.07. The summed E-state index contributed by atoms with van der Waals surface area (Å²) in [6.07, 6.45) is 0.912. The van der Waals surface area contributed by atoms with Crippen molar-refractivity contribution in [2.45, 2.75) is 19.9 Å². The van der Waals surface area contributed by atoms with Crippen LogP contribution in [0.2, 0.25) is 5.02 Å². The van der Waals surface area contributed by atoms with Gasteiger partial charge in [0.15, 0.2) is 5.82 Å². The summed E-state index contributed by atoms with van der Waals surface area (Å²) in [5, 5.41) is 0.553. The van der Waals surface area contributed by atoms with Crippen LogP contribution in [0.5, 0.6) is 0 Å². The SMILES string of the molecule is CCCn1c(-c2cc(N)ccc2Cl)nc2c(F)cccc21. The maximum Gasteiger partial charge on any atom is 0.151 e. The molecular weight excluding hydrogens is 289 g/mol. The molecule has 3 rings (SSSR count). The number of hydrogen-bond acceptors (Lipinski definition) is 2. The number of nitrogens with zero attached hydrogens (tertiary/aromatic N) is 2. The minimum atomic E-state index is -0.330. The molecule has 0 fully saturated rings. The molecular formula is C16H15ClFN3. The summed E-state index contributed by atoms with van der Waals surface area (Å²) in [6, 6.07) is 10.2. The van der Waals surface area contributed by atoms with Crippen molar-refractivity contribution in [3.8, 4) is 11.4 Å². The second-order valence-electron chi connectivity index (χ2n) is 4.93. The third-order valence-corrected chi connectivity index (χ3v) is 3.74. The molecule has 5 heteroatoms. The monoisotopic (exact) mass is 303 g/mol. The summed E-state index contributed by atoms with van der Waals surface area (Å²) in [4.78, 5) is 4.45. The minimum Gasteiger partial charge on any atom is -0.399 e. The second kappa shape index (κ2) is 5.37. The third-order valence-electron chi connectivity index (χ3n) is 3.41. The van der Waals surface area contributed by atoms with Crippen LogP contribution in [-0.2, 0) is 6.54 Å². The van der Waals surface area contributed by atoms with E-state index in [1.807, 2.05) is 10.6 Å². The number of aromatic nitrogens is 2. The highest BCUT2D eigenvalue weighted by Gasteiger charge is 2.16. The van der Waals surface area contributed by atoms with Crippen LogP contribution in [0, 0.1) is 5.82 Å². The van der Waals surface area contributed by atoms with E-state index in [1.54, 1.807) is 24.3 Å². The number of fused-ring (bicyclic) bond motifs is 1. The van der Waals surface area contributed by atoms with Gasteiger partial charge in [-0.3, -0.25) is 0 Å². The van der Waals surface area contributed by atoms with Crippen LogP contribution in [0.1, 0.15) is 13.3 Å². The van der Waals surface area contributed by atoms with Gasteiger partial charge in [0, 0.05) is 17.8 Å². The Morgan fingerprint density at radius 2 is 2.10 bits per heavy atom. The van der Waals surface area contributed by atoms with Gasteiger partial charge in [-0.2, -0.15) is 0 Å². The van der Waals surface area contributed by atoms with Gasteiger partial charge in [0.2, 0.25) is 0 Å². The molecule has 0 aliphatic carbocycles. The average Bonchev–Trinajstić information content (AvgIpc) is 2.82. The van der Waals surface area contributed by atoms with E-state index >= 15 is 0 Å². The predicted molar refractivity (Wildman–Crippen MR) is 84.8 cm³/mol. The normalized spacial score (nSPS) is 11.2. The van der Waals surface area contributed by atoms with Gasteiger partial charge in [-0.15, -0.1) is 0 Å². The standard InChI is InChI=1S/C16H15ClFN3/c1-2-8-21-14-5-3-4-13(18)15(14)20-16(21)11-9-10(19)6-7-12(11)17/h3-7,9H,2,8,19H2,1H3. The molecule has 0 saturated carbocycles. The van der Waals surface area contributed by atoms with E-state index in [4.69, 9.17) is 17.3 Å². The van der Waals surface area contributed by atoms with E-state index in [0.29, 0.717) is 22.1 Å². The van der Waals surface area contributed by atoms with Crippen molar-refractivity contribution in [2.75, 3.05) is 5.73 Å². The van der Waals surface area contributed by atoms with Crippen LogP contribution in [0.15, 0.2) is 36.4 Å².